The molecule has 2 heterocycles. The first kappa shape index (κ1) is 51.2. The Morgan fingerprint density at radius 2 is 1.38 bits per heavy atom. The standard InChI is InChI=1S/C22H21NO2.C21H25NO3.C18H15NOS/c1-16-8-9-20(15-21(16)23-10-3-4-11-23)22(25)14-19-7-5-6-18(13-19)12-17(2)24;1-4-25-21(24)19-13(2)12-17(14(19)3)20(23)22-18-11-7-9-15-8-5-6-10-16(15)18;20-18(19-13-14-7-3-1-4-8-14)17-12-11-16(21-17)15-9-5-2-6-10-15/h3-11,13,15H,12,14H2,1-2H3;5-6,8,10,18H,4,7,9,11-12H2,1-3H3,(H,22,23);1-12H,13H2,(H,19,20)/t;18-;/m.1./s1. The van der Waals surface area contributed by atoms with Crippen molar-refractivity contribution in [3.8, 4) is 16.1 Å². The van der Waals surface area contributed by atoms with Crippen LogP contribution in [-0.2, 0) is 44.9 Å². The first-order valence-electron chi connectivity index (χ1n) is 24.2. The predicted octanol–water partition coefficient (Wildman–Crippen LogP) is 12.5. The SMILES string of the molecule is CC(=O)Cc1cccc(CC(=O)c2ccc(C)c(-n3cccc3)c2)c1.CCOC(=O)C1=C(C)CC(C(=O)N[C@@H]2CCCc3ccccc32)=C1C.O=C(NCc1ccccc1)c1ccc(-c2ccccc2)s1. The molecule has 0 saturated heterocycles. The average Bonchev–Trinajstić information content (AvgIpc) is 4.16. The van der Waals surface area contributed by atoms with E-state index in [2.05, 4.69) is 34.9 Å². The minimum atomic E-state index is -0.330. The number of rotatable bonds is 14. The number of aromatic nitrogens is 1. The van der Waals surface area contributed by atoms with Crippen molar-refractivity contribution < 1.29 is 28.7 Å². The average molecular weight is 964 g/mol. The van der Waals surface area contributed by atoms with Crippen LogP contribution < -0.4 is 10.6 Å². The molecule has 0 bridgehead atoms. The molecule has 2 aromatic heterocycles. The molecule has 7 aromatic rings. The fourth-order valence-corrected chi connectivity index (χ4v) is 9.88. The number of carbonyl (C=O) groups excluding carboxylic acids is 5. The van der Waals surface area contributed by atoms with E-state index in [1.165, 1.54) is 22.5 Å². The van der Waals surface area contributed by atoms with Crippen molar-refractivity contribution in [2.24, 2.45) is 0 Å². The molecule has 2 N–H and O–H groups in total. The number of ether oxygens (including phenoxy) is 1. The summed E-state index contributed by atoms with van der Waals surface area (Å²) in [7, 11) is 0. The van der Waals surface area contributed by atoms with E-state index in [4.69, 9.17) is 4.74 Å². The van der Waals surface area contributed by atoms with Gasteiger partial charge in [-0.15, -0.1) is 11.3 Å². The van der Waals surface area contributed by atoms with Gasteiger partial charge in [0.1, 0.15) is 5.78 Å². The molecule has 0 radical (unpaired) electrons. The maximum Gasteiger partial charge on any atom is 0.338 e. The van der Waals surface area contributed by atoms with Crippen molar-refractivity contribution in [2.75, 3.05) is 6.61 Å². The summed E-state index contributed by atoms with van der Waals surface area (Å²) < 4.78 is 7.14. The third-order valence-electron chi connectivity index (χ3n) is 12.5. The lowest BCUT2D eigenvalue weighted by Crippen LogP contribution is -2.32. The fourth-order valence-electron chi connectivity index (χ4n) is 8.95. The second-order valence-electron chi connectivity index (χ2n) is 17.9. The third kappa shape index (κ3) is 13.8. The molecule has 71 heavy (non-hydrogen) atoms. The number of esters is 1. The number of aryl methyl sites for hydroxylation is 2. The highest BCUT2D eigenvalue weighted by Gasteiger charge is 2.31. The van der Waals surface area contributed by atoms with E-state index in [1.807, 2.05) is 165 Å². The highest BCUT2D eigenvalue weighted by Crippen LogP contribution is 2.35. The van der Waals surface area contributed by atoms with Gasteiger partial charge in [-0.3, -0.25) is 19.2 Å². The Kier molecular flexibility index (Phi) is 17.8. The normalized spacial score (nSPS) is 13.7. The number of allylic oxidation sites excluding steroid dienone is 1. The number of carbonyl (C=O) groups is 5. The zero-order valence-corrected chi connectivity index (χ0v) is 41.9. The number of benzene rings is 5. The Bertz CT molecular complexity index is 3060. The number of thiophene rings is 1. The summed E-state index contributed by atoms with van der Waals surface area (Å²) in [5.74, 6) is -0.223. The smallest absolute Gasteiger partial charge is 0.338 e. The van der Waals surface area contributed by atoms with Crippen molar-refractivity contribution >= 4 is 40.7 Å². The van der Waals surface area contributed by atoms with Gasteiger partial charge in [0.05, 0.1) is 23.1 Å². The molecule has 9 rings (SSSR count). The summed E-state index contributed by atoms with van der Waals surface area (Å²) in [5.41, 5.74) is 12.4. The van der Waals surface area contributed by atoms with Gasteiger partial charge in [-0.2, -0.15) is 0 Å². The molecule has 10 heteroatoms. The summed E-state index contributed by atoms with van der Waals surface area (Å²) in [4.78, 5) is 63.0. The van der Waals surface area contributed by atoms with Crippen molar-refractivity contribution in [1.82, 2.24) is 15.2 Å². The molecule has 0 saturated carbocycles. The second-order valence-corrected chi connectivity index (χ2v) is 18.9. The molecule has 0 aliphatic heterocycles. The van der Waals surface area contributed by atoms with Gasteiger partial charge in [-0.05, 0) is 135 Å². The largest absolute Gasteiger partial charge is 0.462 e. The Balaban J connectivity index is 0.000000157. The van der Waals surface area contributed by atoms with Crippen LogP contribution in [0, 0.1) is 6.92 Å². The molecule has 0 unspecified atom stereocenters. The van der Waals surface area contributed by atoms with E-state index in [-0.39, 0.29) is 35.4 Å². The van der Waals surface area contributed by atoms with E-state index < -0.39 is 0 Å². The molecule has 2 amide bonds. The van der Waals surface area contributed by atoms with Crippen LogP contribution in [0.1, 0.15) is 106 Å². The first-order chi connectivity index (χ1) is 34.4. The molecule has 0 fully saturated rings. The molecule has 5 aromatic carbocycles. The molecule has 2 aliphatic carbocycles. The van der Waals surface area contributed by atoms with E-state index in [0.717, 1.165) is 73.7 Å². The van der Waals surface area contributed by atoms with Gasteiger partial charge >= 0.3 is 5.97 Å². The number of amides is 2. The Morgan fingerprint density at radius 1 is 0.704 bits per heavy atom. The number of hydrogen-bond acceptors (Lipinski definition) is 7. The van der Waals surface area contributed by atoms with E-state index in [1.54, 1.807) is 13.8 Å². The van der Waals surface area contributed by atoms with Gasteiger partial charge in [0, 0.05) is 53.5 Å². The van der Waals surface area contributed by atoms with E-state index in [0.29, 0.717) is 49.1 Å². The minimum Gasteiger partial charge on any atom is -0.462 e. The number of ketones is 2. The summed E-state index contributed by atoms with van der Waals surface area (Å²) in [6.07, 6.45) is 8.30. The number of nitrogens with one attached hydrogen (secondary N) is 2. The molecule has 0 spiro atoms. The molecular formula is C61H61N3O6S. The summed E-state index contributed by atoms with van der Waals surface area (Å²) >= 11 is 1.52. The minimum absolute atomic E-state index is 0.0222. The summed E-state index contributed by atoms with van der Waals surface area (Å²) in [6, 6.07) is 49.7. The lowest BCUT2D eigenvalue weighted by molar-refractivity contribution is -0.138. The highest BCUT2D eigenvalue weighted by molar-refractivity contribution is 7.17. The van der Waals surface area contributed by atoms with Crippen molar-refractivity contribution in [3.05, 3.63) is 230 Å². The lowest BCUT2D eigenvalue weighted by atomic mass is 9.87. The van der Waals surface area contributed by atoms with Crippen LogP contribution >= 0.6 is 11.3 Å². The van der Waals surface area contributed by atoms with Crippen LogP contribution in [-0.4, -0.2) is 40.5 Å². The fraction of sp³-hybridized carbons (Fsp3) is 0.230. The van der Waals surface area contributed by atoms with Gasteiger partial charge in [0.15, 0.2) is 5.78 Å². The van der Waals surface area contributed by atoms with Crippen LogP contribution in [0.15, 0.2) is 186 Å². The maximum absolute atomic E-state index is 12.9. The molecule has 362 valence electrons. The van der Waals surface area contributed by atoms with Crippen molar-refractivity contribution in [1.29, 1.82) is 0 Å². The van der Waals surface area contributed by atoms with Crippen LogP contribution in [0.25, 0.3) is 16.1 Å². The maximum atomic E-state index is 12.9. The number of nitrogens with zero attached hydrogens (tertiary/aromatic N) is 1. The van der Waals surface area contributed by atoms with E-state index in [9.17, 15) is 24.0 Å². The Morgan fingerprint density at radius 3 is 2.10 bits per heavy atom. The zero-order chi connectivity index (χ0) is 50.3. The van der Waals surface area contributed by atoms with Crippen LogP contribution in [0.4, 0.5) is 0 Å². The van der Waals surface area contributed by atoms with Crippen LogP contribution in [0.2, 0.25) is 0 Å². The van der Waals surface area contributed by atoms with Gasteiger partial charge < -0.3 is 19.9 Å². The topological polar surface area (TPSA) is 124 Å². The van der Waals surface area contributed by atoms with Crippen LogP contribution in [0.5, 0.6) is 0 Å². The third-order valence-corrected chi connectivity index (χ3v) is 13.7. The van der Waals surface area contributed by atoms with Gasteiger partial charge in [0.25, 0.3) is 5.91 Å². The number of fused-ring (bicyclic) bond motifs is 1. The molecule has 9 nitrogen and oxygen atoms in total. The molecule has 2 aliphatic rings. The summed E-state index contributed by atoms with van der Waals surface area (Å²) in [5, 5.41) is 6.14. The molecular weight excluding hydrogens is 903 g/mol. The Labute approximate surface area is 421 Å². The first-order valence-corrected chi connectivity index (χ1v) is 25.0. The van der Waals surface area contributed by atoms with E-state index >= 15 is 0 Å². The second kappa shape index (κ2) is 24.7. The van der Waals surface area contributed by atoms with Crippen molar-refractivity contribution in [2.45, 2.75) is 85.7 Å². The van der Waals surface area contributed by atoms with Crippen LogP contribution in [0.3, 0.4) is 0 Å². The van der Waals surface area contributed by atoms with Gasteiger partial charge in [-0.25, -0.2) is 4.79 Å². The van der Waals surface area contributed by atoms with Gasteiger partial charge in [0.2, 0.25) is 5.91 Å². The monoisotopic (exact) mass is 963 g/mol. The van der Waals surface area contributed by atoms with Gasteiger partial charge in [-0.1, -0.05) is 127 Å². The highest BCUT2D eigenvalue weighted by atomic mass is 32.1. The lowest BCUT2D eigenvalue weighted by Gasteiger charge is -2.26. The zero-order valence-electron chi connectivity index (χ0n) is 41.1. The van der Waals surface area contributed by atoms with Crippen molar-refractivity contribution in [3.63, 3.8) is 0 Å². The summed E-state index contributed by atoms with van der Waals surface area (Å²) in [6.45, 7) is 10.0. The quantitative estimate of drug-likeness (QED) is 0.0826. The Hall–Kier alpha value is -7.69. The number of hydrogen-bond donors (Lipinski definition) is 2. The predicted molar refractivity (Wildman–Crippen MR) is 284 cm³/mol. The number of Topliss-reactive ketones (excluding diaryl/α,β-unsaturated/α-hetero) is 2. The molecule has 1 atom stereocenters.